The molecule has 3 heterocycles. The molecule has 0 spiro atoms. The fourth-order valence-corrected chi connectivity index (χ4v) is 2.54. The van der Waals surface area contributed by atoms with E-state index in [1.54, 1.807) is 17.5 Å². The van der Waals surface area contributed by atoms with Gasteiger partial charge in [0.1, 0.15) is 5.82 Å². The molecule has 0 aliphatic carbocycles. The Morgan fingerprint density at radius 1 is 1.36 bits per heavy atom. The quantitative estimate of drug-likeness (QED) is 0.782. The number of hydrogen-bond donors (Lipinski definition) is 1. The fourth-order valence-electron chi connectivity index (χ4n) is 1.89. The van der Waals surface area contributed by atoms with Crippen molar-refractivity contribution in [1.29, 1.82) is 0 Å². The molecule has 1 amide bonds. The van der Waals surface area contributed by atoms with Crippen LogP contribution in [0, 0.1) is 6.92 Å². The standard InChI is InChI=1S/C15H14N4O2S/c1-10-4-2-8-16-14(10)17-12(20)6-7-13-18-15(19-21-13)11-5-3-9-22-11/h2-5,8-9H,6-7H2,1H3,(H,16,17,20). The van der Waals surface area contributed by atoms with Crippen LogP contribution < -0.4 is 5.32 Å². The molecule has 0 saturated carbocycles. The smallest absolute Gasteiger partial charge is 0.227 e. The first-order chi connectivity index (χ1) is 10.7. The summed E-state index contributed by atoms with van der Waals surface area (Å²) in [6.45, 7) is 1.90. The minimum atomic E-state index is -0.127. The van der Waals surface area contributed by atoms with E-state index in [2.05, 4.69) is 20.4 Å². The van der Waals surface area contributed by atoms with Crippen LogP contribution in [0.5, 0.6) is 0 Å². The Bertz CT molecular complexity index is 767. The van der Waals surface area contributed by atoms with Crippen molar-refractivity contribution in [3.05, 3.63) is 47.3 Å². The SMILES string of the molecule is Cc1cccnc1NC(=O)CCc1nc(-c2cccs2)no1. The number of carbonyl (C=O) groups excluding carboxylic acids is 1. The van der Waals surface area contributed by atoms with Gasteiger partial charge in [0.15, 0.2) is 0 Å². The van der Waals surface area contributed by atoms with Crippen molar-refractivity contribution >= 4 is 23.1 Å². The van der Waals surface area contributed by atoms with Crippen LogP contribution in [0.2, 0.25) is 0 Å². The highest BCUT2D eigenvalue weighted by atomic mass is 32.1. The lowest BCUT2D eigenvalue weighted by atomic mass is 10.2. The number of carbonyl (C=O) groups is 1. The Labute approximate surface area is 131 Å². The molecule has 0 radical (unpaired) electrons. The Morgan fingerprint density at radius 3 is 3.05 bits per heavy atom. The highest BCUT2D eigenvalue weighted by Gasteiger charge is 2.12. The molecular weight excluding hydrogens is 300 g/mol. The average molecular weight is 314 g/mol. The fraction of sp³-hybridized carbons (Fsp3) is 0.200. The molecule has 6 nitrogen and oxygen atoms in total. The van der Waals surface area contributed by atoms with Crippen molar-refractivity contribution in [3.8, 4) is 10.7 Å². The zero-order valence-corrected chi connectivity index (χ0v) is 12.8. The van der Waals surface area contributed by atoms with E-state index in [4.69, 9.17) is 4.52 Å². The third-order valence-corrected chi connectivity index (χ3v) is 3.91. The van der Waals surface area contributed by atoms with Gasteiger partial charge in [-0.1, -0.05) is 17.3 Å². The number of pyridine rings is 1. The topological polar surface area (TPSA) is 80.9 Å². The Morgan fingerprint density at radius 2 is 2.27 bits per heavy atom. The molecule has 0 bridgehead atoms. The van der Waals surface area contributed by atoms with Crippen LogP contribution in [0.1, 0.15) is 17.9 Å². The molecule has 0 unspecified atom stereocenters. The molecule has 0 aliphatic rings. The third kappa shape index (κ3) is 3.37. The summed E-state index contributed by atoms with van der Waals surface area (Å²) < 4.78 is 5.16. The highest BCUT2D eigenvalue weighted by Crippen LogP contribution is 2.21. The Hall–Kier alpha value is -2.54. The Balaban J connectivity index is 1.56. The molecule has 0 saturated heterocycles. The lowest BCUT2D eigenvalue weighted by Gasteiger charge is -2.05. The van der Waals surface area contributed by atoms with Crippen molar-refractivity contribution in [2.45, 2.75) is 19.8 Å². The van der Waals surface area contributed by atoms with Gasteiger partial charge in [-0.2, -0.15) is 4.98 Å². The third-order valence-electron chi connectivity index (χ3n) is 3.04. The van der Waals surface area contributed by atoms with Gasteiger partial charge in [-0.25, -0.2) is 4.98 Å². The molecule has 3 rings (SSSR count). The van der Waals surface area contributed by atoms with E-state index in [-0.39, 0.29) is 12.3 Å². The first-order valence-electron chi connectivity index (χ1n) is 6.80. The first kappa shape index (κ1) is 14.4. The van der Waals surface area contributed by atoms with Gasteiger partial charge in [-0.05, 0) is 30.0 Å². The zero-order chi connectivity index (χ0) is 15.4. The van der Waals surface area contributed by atoms with Gasteiger partial charge in [0.25, 0.3) is 0 Å². The van der Waals surface area contributed by atoms with E-state index in [9.17, 15) is 4.79 Å². The van der Waals surface area contributed by atoms with Crippen molar-refractivity contribution < 1.29 is 9.32 Å². The summed E-state index contributed by atoms with van der Waals surface area (Å²) in [5.74, 6) is 1.47. The van der Waals surface area contributed by atoms with Crippen LogP contribution >= 0.6 is 11.3 Å². The maximum Gasteiger partial charge on any atom is 0.227 e. The lowest BCUT2D eigenvalue weighted by Crippen LogP contribution is -2.14. The van der Waals surface area contributed by atoms with Crippen molar-refractivity contribution in [3.63, 3.8) is 0 Å². The molecule has 0 aliphatic heterocycles. The number of amides is 1. The van der Waals surface area contributed by atoms with E-state index in [0.29, 0.717) is 24.0 Å². The summed E-state index contributed by atoms with van der Waals surface area (Å²) in [6.07, 6.45) is 2.31. The molecule has 3 aromatic heterocycles. The minimum Gasteiger partial charge on any atom is -0.339 e. The summed E-state index contributed by atoms with van der Waals surface area (Å²) in [6, 6.07) is 7.58. The van der Waals surface area contributed by atoms with Crippen LogP contribution in [0.4, 0.5) is 5.82 Å². The normalized spacial score (nSPS) is 10.6. The molecule has 3 aromatic rings. The molecule has 0 aromatic carbocycles. The highest BCUT2D eigenvalue weighted by molar-refractivity contribution is 7.13. The van der Waals surface area contributed by atoms with Gasteiger partial charge >= 0.3 is 0 Å². The maximum absolute atomic E-state index is 11.9. The second-order valence-electron chi connectivity index (χ2n) is 4.71. The van der Waals surface area contributed by atoms with Crippen LogP contribution in [0.15, 0.2) is 40.4 Å². The van der Waals surface area contributed by atoms with Crippen molar-refractivity contribution in [2.75, 3.05) is 5.32 Å². The summed E-state index contributed by atoms with van der Waals surface area (Å²) in [7, 11) is 0. The second kappa shape index (κ2) is 6.48. The monoisotopic (exact) mass is 314 g/mol. The van der Waals surface area contributed by atoms with Gasteiger partial charge < -0.3 is 9.84 Å². The molecule has 112 valence electrons. The molecular formula is C15H14N4O2S. The maximum atomic E-state index is 11.9. The van der Waals surface area contributed by atoms with Crippen molar-refractivity contribution in [1.82, 2.24) is 15.1 Å². The van der Waals surface area contributed by atoms with Crippen LogP contribution in [-0.2, 0) is 11.2 Å². The van der Waals surface area contributed by atoms with Gasteiger partial charge in [0.05, 0.1) is 4.88 Å². The molecule has 0 fully saturated rings. The molecule has 1 N–H and O–H groups in total. The molecule has 22 heavy (non-hydrogen) atoms. The Kier molecular flexibility index (Phi) is 4.24. The van der Waals surface area contributed by atoms with Gasteiger partial charge in [0.2, 0.25) is 17.6 Å². The van der Waals surface area contributed by atoms with E-state index in [0.717, 1.165) is 10.4 Å². The number of hydrogen-bond acceptors (Lipinski definition) is 6. The predicted octanol–water partition coefficient (Wildman–Crippen LogP) is 3.07. The van der Waals surface area contributed by atoms with E-state index < -0.39 is 0 Å². The first-order valence-corrected chi connectivity index (χ1v) is 7.68. The zero-order valence-electron chi connectivity index (χ0n) is 11.9. The number of aromatic nitrogens is 3. The van der Waals surface area contributed by atoms with E-state index in [1.807, 2.05) is 36.6 Å². The summed E-state index contributed by atoms with van der Waals surface area (Å²) in [5.41, 5.74) is 0.925. The van der Waals surface area contributed by atoms with Crippen LogP contribution in [0.3, 0.4) is 0 Å². The number of rotatable bonds is 5. The van der Waals surface area contributed by atoms with Crippen LogP contribution in [-0.4, -0.2) is 21.0 Å². The molecule has 0 atom stereocenters. The largest absolute Gasteiger partial charge is 0.339 e. The number of nitrogens with one attached hydrogen (secondary N) is 1. The van der Waals surface area contributed by atoms with Gasteiger partial charge in [-0.15, -0.1) is 11.3 Å². The summed E-state index contributed by atoms with van der Waals surface area (Å²) >= 11 is 1.54. The number of aryl methyl sites for hydroxylation is 2. The van der Waals surface area contributed by atoms with Gasteiger partial charge in [-0.3, -0.25) is 4.79 Å². The number of anilines is 1. The lowest BCUT2D eigenvalue weighted by molar-refractivity contribution is -0.116. The number of nitrogens with zero attached hydrogens (tertiary/aromatic N) is 3. The van der Waals surface area contributed by atoms with E-state index in [1.165, 1.54) is 0 Å². The van der Waals surface area contributed by atoms with Crippen molar-refractivity contribution in [2.24, 2.45) is 0 Å². The summed E-state index contributed by atoms with van der Waals surface area (Å²) in [4.78, 5) is 21.3. The second-order valence-corrected chi connectivity index (χ2v) is 5.65. The number of thiophene rings is 1. The average Bonchev–Trinajstić information content (AvgIpc) is 3.18. The predicted molar refractivity (Wildman–Crippen MR) is 83.5 cm³/mol. The van der Waals surface area contributed by atoms with E-state index >= 15 is 0 Å². The minimum absolute atomic E-state index is 0.127. The van der Waals surface area contributed by atoms with Crippen LogP contribution in [0.25, 0.3) is 10.7 Å². The summed E-state index contributed by atoms with van der Waals surface area (Å²) in [5, 5.41) is 8.64. The molecule has 7 heteroatoms. The van der Waals surface area contributed by atoms with Gasteiger partial charge in [0, 0.05) is 19.0 Å².